The molecule has 1 unspecified atom stereocenters. The second-order valence-corrected chi connectivity index (χ2v) is 6.85. The van der Waals surface area contributed by atoms with E-state index in [0.717, 1.165) is 12.8 Å². The van der Waals surface area contributed by atoms with Crippen LogP contribution in [0.2, 0.25) is 0 Å². The number of hydrogen-bond acceptors (Lipinski definition) is 4. The van der Waals surface area contributed by atoms with Crippen molar-refractivity contribution in [1.29, 1.82) is 0 Å². The first kappa shape index (κ1) is 11.9. The molecule has 1 heterocycles. The lowest BCUT2D eigenvalue weighted by atomic mass is 10.2. The van der Waals surface area contributed by atoms with Crippen LogP contribution in [-0.4, -0.2) is 45.0 Å². The molecule has 1 atom stereocenters. The Morgan fingerprint density at radius 2 is 1.94 bits per heavy atom. The van der Waals surface area contributed by atoms with Gasteiger partial charge in [-0.1, -0.05) is 0 Å². The van der Waals surface area contributed by atoms with E-state index in [9.17, 15) is 13.2 Å². The van der Waals surface area contributed by atoms with Crippen molar-refractivity contribution in [2.75, 3.05) is 24.6 Å². The molecule has 6 heteroatoms. The van der Waals surface area contributed by atoms with Crippen molar-refractivity contribution < 1.29 is 13.2 Å². The van der Waals surface area contributed by atoms with Gasteiger partial charge in [-0.05, 0) is 19.3 Å². The number of nitrogens with one attached hydrogen (secondary N) is 2. The second-order valence-electron chi connectivity index (χ2n) is 4.62. The van der Waals surface area contributed by atoms with Gasteiger partial charge in [-0.15, -0.1) is 0 Å². The molecule has 1 saturated carbocycles. The molecule has 2 rings (SSSR count). The van der Waals surface area contributed by atoms with Crippen molar-refractivity contribution in [3.8, 4) is 0 Å². The summed E-state index contributed by atoms with van der Waals surface area (Å²) in [6, 6.07) is 0.0721. The summed E-state index contributed by atoms with van der Waals surface area (Å²) < 4.78 is 22.3. The standard InChI is InChI=1S/C10H18N2O3S/c13-10(8-1-2-8)12-5-4-11-9-3-6-16(14,15)7-9/h8-9,11H,1-7H2,(H,12,13). The third kappa shape index (κ3) is 3.45. The number of hydrogen-bond donors (Lipinski definition) is 2. The Kier molecular flexibility index (Phi) is 3.49. The molecule has 1 amide bonds. The molecule has 16 heavy (non-hydrogen) atoms. The van der Waals surface area contributed by atoms with Crippen molar-refractivity contribution in [2.45, 2.75) is 25.3 Å². The fourth-order valence-corrected chi connectivity index (χ4v) is 3.62. The molecule has 2 fully saturated rings. The average Bonchev–Trinajstić information content (AvgIpc) is 2.99. The van der Waals surface area contributed by atoms with E-state index < -0.39 is 9.84 Å². The van der Waals surface area contributed by atoms with Crippen LogP contribution in [0.25, 0.3) is 0 Å². The summed E-state index contributed by atoms with van der Waals surface area (Å²) in [5.41, 5.74) is 0. The van der Waals surface area contributed by atoms with Crippen LogP contribution in [-0.2, 0) is 14.6 Å². The Bertz CT molecular complexity index is 362. The van der Waals surface area contributed by atoms with E-state index in [4.69, 9.17) is 0 Å². The predicted octanol–water partition coefficient (Wildman–Crippen LogP) is -0.711. The van der Waals surface area contributed by atoms with Crippen LogP contribution >= 0.6 is 0 Å². The summed E-state index contributed by atoms with van der Waals surface area (Å²) in [5.74, 6) is 0.913. The van der Waals surface area contributed by atoms with Gasteiger partial charge in [0.05, 0.1) is 11.5 Å². The molecule has 92 valence electrons. The summed E-state index contributed by atoms with van der Waals surface area (Å²) in [6.45, 7) is 1.24. The van der Waals surface area contributed by atoms with Gasteiger partial charge in [0, 0.05) is 25.0 Å². The largest absolute Gasteiger partial charge is 0.355 e. The molecule has 2 aliphatic rings. The molecular formula is C10H18N2O3S. The second kappa shape index (κ2) is 4.71. The SMILES string of the molecule is O=C(NCCNC1CCS(=O)(=O)C1)C1CC1. The zero-order chi connectivity index (χ0) is 11.6. The summed E-state index contributed by atoms with van der Waals surface area (Å²) >= 11 is 0. The predicted molar refractivity (Wildman–Crippen MR) is 60.8 cm³/mol. The van der Waals surface area contributed by atoms with Crippen molar-refractivity contribution >= 4 is 15.7 Å². The highest BCUT2D eigenvalue weighted by atomic mass is 32.2. The molecule has 1 aliphatic carbocycles. The van der Waals surface area contributed by atoms with Gasteiger partial charge < -0.3 is 10.6 Å². The molecule has 0 aromatic carbocycles. The first-order valence-electron chi connectivity index (χ1n) is 5.78. The molecule has 0 spiro atoms. The maximum absolute atomic E-state index is 11.3. The van der Waals surface area contributed by atoms with Crippen LogP contribution in [0, 0.1) is 5.92 Å². The smallest absolute Gasteiger partial charge is 0.223 e. The number of carbonyl (C=O) groups is 1. The summed E-state index contributed by atoms with van der Waals surface area (Å²) in [7, 11) is -2.80. The van der Waals surface area contributed by atoms with E-state index in [1.807, 2.05) is 0 Å². The zero-order valence-electron chi connectivity index (χ0n) is 9.24. The van der Waals surface area contributed by atoms with E-state index in [1.165, 1.54) is 0 Å². The Morgan fingerprint density at radius 1 is 1.19 bits per heavy atom. The van der Waals surface area contributed by atoms with Gasteiger partial charge in [-0.25, -0.2) is 8.42 Å². The van der Waals surface area contributed by atoms with Gasteiger partial charge in [0.2, 0.25) is 5.91 Å². The van der Waals surface area contributed by atoms with E-state index in [-0.39, 0.29) is 23.6 Å². The van der Waals surface area contributed by atoms with Gasteiger partial charge in [-0.3, -0.25) is 4.79 Å². The minimum atomic E-state index is -2.80. The van der Waals surface area contributed by atoms with Crippen molar-refractivity contribution in [3.05, 3.63) is 0 Å². The maximum atomic E-state index is 11.3. The van der Waals surface area contributed by atoms with Crippen LogP contribution < -0.4 is 10.6 Å². The Hall–Kier alpha value is -0.620. The maximum Gasteiger partial charge on any atom is 0.223 e. The van der Waals surface area contributed by atoms with E-state index in [1.54, 1.807) is 0 Å². The van der Waals surface area contributed by atoms with Crippen molar-refractivity contribution in [2.24, 2.45) is 5.92 Å². The molecule has 1 saturated heterocycles. The number of carbonyl (C=O) groups excluding carboxylic acids is 1. The third-order valence-corrected chi connectivity index (χ3v) is 4.81. The molecule has 1 aliphatic heterocycles. The highest BCUT2D eigenvalue weighted by Gasteiger charge is 2.29. The third-order valence-electron chi connectivity index (χ3n) is 3.04. The van der Waals surface area contributed by atoms with Crippen molar-refractivity contribution in [1.82, 2.24) is 10.6 Å². The molecular weight excluding hydrogens is 228 g/mol. The Balaban J connectivity index is 1.56. The minimum absolute atomic E-state index is 0.0721. The van der Waals surface area contributed by atoms with Crippen LogP contribution in [0.4, 0.5) is 0 Å². The lowest BCUT2D eigenvalue weighted by molar-refractivity contribution is -0.122. The molecule has 0 radical (unpaired) electrons. The fraction of sp³-hybridized carbons (Fsp3) is 0.900. The first-order chi connectivity index (χ1) is 7.57. The quantitative estimate of drug-likeness (QED) is 0.628. The van der Waals surface area contributed by atoms with Crippen molar-refractivity contribution in [3.63, 3.8) is 0 Å². The topological polar surface area (TPSA) is 75.3 Å². The molecule has 0 aromatic rings. The molecule has 0 bridgehead atoms. The van der Waals surface area contributed by atoms with Crippen LogP contribution in [0.1, 0.15) is 19.3 Å². The average molecular weight is 246 g/mol. The number of amides is 1. The lowest BCUT2D eigenvalue weighted by Crippen LogP contribution is -2.38. The molecule has 2 N–H and O–H groups in total. The fourth-order valence-electron chi connectivity index (χ4n) is 1.91. The van der Waals surface area contributed by atoms with E-state index >= 15 is 0 Å². The van der Waals surface area contributed by atoms with Gasteiger partial charge >= 0.3 is 0 Å². The van der Waals surface area contributed by atoms with Gasteiger partial charge in [-0.2, -0.15) is 0 Å². The van der Waals surface area contributed by atoms with Gasteiger partial charge in [0.1, 0.15) is 0 Å². The van der Waals surface area contributed by atoms with Crippen LogP contribution in [0.5, 0.6) is 0 Å². The number of sulfone groups is 1. The molecule has 5 nitrogen and oxygen atoms in total. The zero-order valence-corrected chi connectivity index (χ0v) is 10.1. The highest BCUT2D eigenvalue weighted by molar-refractivity contribution is 7.91. The minimum Gasteiger partial charge on any atom is -0.355 e. The van der Waals surface area contributed by atoms with E-state index in [0.29, 0.717) is 25.3 Å². The normalized spacial score (nSPS) is 27.9. The highest BCUT2D eigenvalue weighted by Crippen LogP contribution is 2.28. The Morgan fingerprint density at radius 3 is 2.50 bits per heavy atom. The lowest BCUT2D eigenvalue weighted by Gasteiger charge is -2.10. The van der Waals surface area contributed by atoms with Crippen LogP contribution in [0.3, 0.4) is 0 Å². The van der Waals surface area contributed by atoms with Gasteiger partial charge in [0.25, 0.3) is 0 Å². The molecule has 0 aromatic heterocycles. The van der Waals surface area contributed by atoms with Crippen LogP contribution in [0.15, 0.2) is 0 Å². The first-order valence-corrected chi connectivity index (χ1v) is 7.60. The Labute approximate surface area is 95.9 Å². The summed E-state index contributed by atoms with van der Waals surface area (Å²) in [4.78, 5) is 11.3. The van der Waals surface area contributed by atoms with Gasteiger partial charge in [0.15, 0.2) is 9.84 Å². The summed E-state index contributed by atoms with van der Waals surface area (Å²) in [6.07, 6.45) is 2.72. The monoisotopic (exact) mass is 246 g/mol. The number of rotatable bonds is 5. The van der Waals surface area contributed by atoms with E-state index in [2.05, 4.69) is 10.6 Å². The summed E-state index contributed by atoms with van der Waals surface area (Å²) in [5, 5.41) is 6.00.